The molecular weight excluding hydrogens is 794 g/mol. The average Bonchev–Trinajstić information content (AvgIpc) is 3.74. The summed E-state index contributed by atoms with van der Waals surface area (Å²) in [6.45, 7) is 2.23. The van der Waals surface area contributed by atoms with Crippen molar-refractivity contribution >= 4 is 60.5 Å². The highest BCUT2D eigenvalue weighted by molar-refractivity contribution is 9.11. The van der Waals surface area contributed by atoms with E-state index in [9.17, 15) is 4.79 Å². The molecule has 0 aliphatic rings. The lowest BCUT2D eigenvalue weighted by atomic mass is 10.0. The Balaban J connectivity index is 0.858. The van der Waals surface area contributed by atoms with Gasteiger partial charge in [0.25, 0.3) is 0 Å². The predicted octanol–water partition coefficient (Wildman–Crippen LogP) is 13.3. The van der Waals surface area contributed by atoms with E-state index in [0.717, 1.165) is 50.5 Å². The molecule has 0 bridgehead atoms. The first kappa shape index (κ1) is 38.0. The maximum atomic E-state index is 12.5. The van der Waals surface area contributed by atoms with Gasteiger partial charge in [-0.05, 0) is 128 Å². The van der Waals surface area contributed by atoms with E-state index >= 15 is 0 Å². The third-order valence-corrected chi connectivity index (χ3v) is 11.8. The number of unbranched alkanes of at least 4 members (excludes halogenated alkanes) is 9. The Morgan fingerprint density at radius 1 is 0.640 bits per heavy atom. The van der Waals surface area contributed by atoms with Crippen LogP contribution in [0.2, 0.25) is 0 Å². The van der Waals surface area contributed by atoms with Crippen molar-refractivity contribution in [2.24, 2.45) is 0 Å². The van der Waals surface area contributed by atoms with Gasteiger partial charge in [-0.2, -0.15) is 5.26 Å². The first-order chi connectivity index (χ1) is 24.5. The summed E-state index contributed by atoms with van der Waals surface area (Å²) >= 11 is 10.7. The molecule has 0 saturated heterocycles. The number of rotatable bonds is 20. The fraction of sp³-hybridized carbons (Fsp3) is 0.317. The number of esters is 1. The van der Waals surface area contributed by atoms with Crippen molar-refractivity contribution < 1.29 is 19.0 Å². The molecule has 0 N–H and O–H groups in total. The number of nitrogens with zero attached hydrogens (tertiary/aromatic N) is 1. The van der Waals surface area contributed by atoms with Gasteiger partial charge in [0.05, 0.1) is 42.9 Å². The molecule has 260 valence electrons. The van der Waals surface area contributed by atoms with Crippen LogP contribution in [0.5, 0.6) is 11.5 Å². The number of carbonyl (C=O) groups excluding carboxylic acids is 1. The molecule has 0 unspecified atom stereocenters. The number of thiophene rings is 2. The summed E-state index contributed by atoms with van der Waals surface area (Å²) in [7, 11) is 0. The van der Waals surface area contributed by atoms with Crippen molar-refractivity contribution in [2.75, 3.05) is 13.2 Å². The van der Waals surface area contributed by atoms with Crippen LogP contribution in [-0.2, 0) is 11.3 Å². The van der Waals surface area contributed by atoms with E-state index in [2.05, 4.69) is 50.1 Å². The average molecular weight is 836 g/mol. The minimum absolute atomic E-state index is 0.408. The van der Waals surface area contributed by atoms with Crippen LogP contribution in [0.25, 0.3) is 20.9 Å². The van der Waals surface area contributed by atoms with Gasteiger partial charge in [0.2, 0.25) is 0 Å². The summed E-state index contributed by atoms with van der Waals surface area (Å²) in [5.41, 5.74) is 4.31. The van der Waals surface area contributed by atoms with Crippen molar-refractivity contribution in [3.63, 3.8) is 0 Å². The smallest absolute Gasteiger partial charge is 0.343 e. The monoisotopic (exact) mass is 833 g/mol. The molecule has 9 heteroatoms. The molecule has 0 spiro atoms. The maximum Gasteiger partial charge on any atom is 0.343 e. The Hall–Kier alpha value is -3.26. The number of ether oxygens (including phenoxy) is 3. The predicted molar refractivity (Wildman–Crippen MR) is 212 cm³/mol. The summed E-state index contributed by atoms with van der Waals surface area (Å²) < 4.78 is 19.7. The first-order valence-electron chi connectivity index (χ1n) is 17.2. The number of hydrogen-bond donors (Lipinski definition) is 0. The van der Waals surface area contributed by atoms with Gasteiger partial charge >= 0.3 is 5.97 Å². The van der Waals surface area contributed by atoms with Crippen LogP contribution in [0, 0.1) is 11.3 Å². The zero-order valence-electron chi connectivity index (χ0n) is 28.0. The van der Waals surface area contributed by atoms with Crippen molar-refractivity contribution in [3.05, 3.63) is 115 Å². The second kappa shape index (κ2) is 20.6. The van der Waals surface area contributed by atoms with E-state index in [-0.39, 0.29) is 0 Å². The largest absolute Gasteiger partial charge is 0.494 e. The van der Waals surface area contributed by atoms with E-state index < -0.39 is 5.97 Å². The fourth-order valence-electron chi connectivity index (χ4n) is 5.55. The van der Waals surface area contributed by atoms with Crippen molar-refractivity contribution in [2.45, 2.75) is 70.8 Å². The number of carbonyl (C=O) groups is 1. The van der Waals surface area contributed by atoms with Gasteiger partial charge in [0.1, 0.15) is 11.5 Å². The highest BCUT2D eigenvalue weighted by Gasteiger charge is 2.13. The van der Waals surface area contributed by atoms with E-state index in [1.807, 2.05) is 42.5 Å². The van der Waals surface area contributed by atoms with Crippen LogP contribution in [0.3, 0.4) is 0 Å². The lowest BCUT2D eigenvalue weighted by molar-refractivity contribution is 0.0734. The summed E-state index contributed by atoms with van der Waals surface area (Å²) in [6.07, 6.45) is 12.4. The molecule has 0 saturated carbocycles. The molecule has 0 fully saturated rings. The molecule has 2 heterocycles. The van der Waals surface area contributed by atoms with Crippen LogP contribution >= 0.6 is 54.5 Å². The zero-order valence-corrected chi connectivity index (χ0v) is 32.8. The maximum absolute atomic E-state index is 12.5. The second-order valence-corrected chi connectivity index (χ2v) is 17.0. The summed E-state index contributed by atoms with van der Waals surface area (Å²) in [6, 6.07) is 30.4. The molecule has 3 aromatic carbocycles. The SMILES string of the molecule is N#Cc1ccc(OC(=O)c2ccc(-c3ccc(OCCCCCCCCCCCCOCc4cc(Br)sc4-c4ccc(Br)s4)cc3)cc2)cc1. The Morgan fingerprint density at radius 3 is 1.82 bits per heavy atom. The Bertz CT molecular complexity index is 1810. The molecule has 5 aromatic rings. The lowest BCUT2D eigenvalue weighted by Crippen LogP contribution is -2.08. The van der Waals surface area contributed by atoms with E-state index in [1.54, 1.807) is 59.1 Å². The van der Waals surface area contributed by atoms with Crippen molar-refractivity contribution in [1.29, 1.82) is 5.26 Å². The molecule has 0 atom stereocenters. The van der Waals surface area contributed by atoms with Gasteiger partial charge in [0, 0.05) is 11.5 Å². The molecule has 0 amide bonds. The van der Waals surface area contributed by atoms with E-state index in [0.29, 0.717) is 23.5 Å². The molecule has 0 aliphatic heterocycles. The molecule has 50 heavy (non-hydrogen) atoms. The Morgan fingerprint density at radius 2 is 1.22 bits per heavy atom. The summed E-state index contributed by atoms with van der Waals surface area (Å²) in [5.74, 6) is 0.846. The highest BCUT2D eigenvalue weighted by atomic mass is 79.9. The van der Waals surface area contributed by atoms with Crippen LogP contribution in [0.1, 0.15) is 85.7 Å². The standard InChI is InChI=1S/C41H41Br2NO4S2/c42-38-24-23-37(49-38)40-34(27-39(43)50-40)29-46-25-9-7-5-3-1-2-4-6-8-10-26-47-35-21-17-32(18-22-35)31-13-15-33(16-14-31)41(45)48-36-19-11-30(28-44)12-20-36/h11-24,27H,1-10,25-26,29H2. The van der Waals surface area contributed by atoms with Crippen LogP contribution in [0.4, 0.5) is 0 Å². The van der Waals surface area contributed by atoms with Crippen LogP contribution in [0.15, 0.2) is 98.6 Å². The Labute approximate surface area is 320 Å². The van der Waals surface area contributed by atoms with Gasteiger partial charge in [-0.1, -0.05) is 75.6 Å². The van der Waals surface area contributed by atoms with Gasteiger partial charge in [-0.25, -0.2) is 4.79 Å². The fourth-order valence-corrected chi connectivity index (χ4v) is 8.73. The van der Waals surface area contributed by atoms with Crippen LogP contribution < -0.4 is 9.47 Å². The minimum Gasteiger partial charge on any atom is -0.494 e. The lowest BCUT2D eigenvalue weighted by Gasteiger charge is -2.08. The highest BCUT2D eigenvalue weighted by Crippen LogP contribution is 2.40. The van der Waals surface area contributed by atoms with E-state index in [4.69, 9.17) is 19.5 Å². The zero-order chi connectivity index (χ0) is 35.0. The second-order valence-electron chi connectivity index (χ2n) is 12.1. The molecule has 0 aliphatic carbocycles. The van der Waals surface area contributed by atoms with Gasteiger partial charge in [0.15, 0.2) is 0 Å². The number of halogens is 2. The topological polar surface area (TPSA) is 68.5 Å². The first-order valence-corrected chi connectivity index (χ1v) is 20.4. The molecule has 5 rings (SSSR count). The molecule has 0 radical (unpaired) electrons. The summed E-state index contributed by atoms with van der Waals surface area (Å²) in [4.78, 5) is 15.1. The molecule has 2 aromatic heterocycles. The van der Waals surface area contributed by atoms with Gasteiger partial charge in [-0.15, -0.1) is 22.7 Å². The minimum atomic E-state index is -0.435. The van der Waals surface area contributed by atoms with Crippen LogP contribution in [-0.4, -0.2) is 19.2 Å². The third-order valence-electron chi connectivity index (χ3n) is 8.29. The quantitative estimate of drug-likeness (QED) is 0.0444. The van der Waals surface area contributed by atoms with Crippen molar-refractivity contribution in [1.82, 2.24) is 0 Å². The van der Waals surface area contributed by atoms with E-state index in [1.165, 1.54) is 66.7 Å². The van der Waals surface area contributed by atoms with Crippen molar-refractivity contribution in [3.8, 4) is 38.4 Å². The normalized spacial score (nSPS) is 11.0. The molecule has 5 nitrogen and oxygen atoms in total. The Kier molecular flexibility index (Phi) is 15.6. The molecular formula is C41H41Br2NO4S2. The number of benzene rings is 3. The van der Waals surface area contributed by atoms with Gasteiger partial charge in [-0.3, -0.25) is 0 Å². The number of hydrogen-bond acceptors (Lipinski definition) is 7. The summed E-state index contributed by atoms with van der Waals surface area (Å²) in [5, 5.41) is 8.91. The number of nitriles is 1. The van der Waals surface area contributed by atoms with Gasteiger partial charge < -0.3 is 14.2 Å². The third kappa shape index (κ3) is 12.2.